The van der Waals surface area contributed by atoms with E-state index in [0.717, 1.165) is 0 Å². The molecule has 6 nitrogen and oxygen atoms in total. The van der Waals surface area contributed by atoms with E-state index in [-0.39, 0.29) is 5.69 Å². The molecular weight excluding hydrogens is 323 g/mol. The Morgan fingerprint density at radius 1 is 1.05 bits per heavy atom. The van der Waals surface area contributed by atoms with Crippen molar-refractivity contribution in [1.82, 2.24) is 15.2 Å². The van der Waals surface area contributed by atoms with E-state index < -0.39 is 38.3 Å². The van der Waals surface area contributed by atoms with Gasteiger partial charge in [0.15, 0.2) is 17.5 Å². The van der Waals surface area contributed by atoms with Gasteiger partial charge in [-0.15, -0.1) is 4.83 Å². The molecule has 2 aromatic rings. The van der Waals surface area contributed by atoms with Gasteiger partial charge in [0.25, 0.3) is 15.9 Å². The predicted octanol–water partition coefficient (Wildman–Crippen LogP) is 1.12. The van der Waals surface area contributed by atoms with Gasteiger partial charge in [-0.1, -0.05) is 6.07 Å². The summed E-state index contributed by atoms with van der Waals surface area (Å²) in [6.07, 6.45) is 1.30. The van der Waals surface area contributed by atoms with Crippen molar-refractivity contribution in [3.8, 4) is 0 Å². The number of nitrogens with zero attached hydrogens (tertiary/aromatic N) is 1. The van der Waals surface area contributed by atoms with Crippen LogP contribution in [0.25, 0.3) is 0 Å². The van der Waals surface area contributed by atoms with Gasteiger partial charge in [0, 0.05) is 6.20 Å². The normalized spacial score (nSPS) is 11.2. The lowest BCUT2D eigenvalue weighted by Gasteiger charge is -2.09. The maximum Gasteiger partial charge on any atom is 0.284 e. The van der Waals surface area contributed by atoms with Gasteiger partial charge in [-0.05, 0) is 24.3 Å². The molecule has 0 radical (unpaired) electrons. The van der Waals surface area contributed by atoms with Crippen LogP contribution in [0.4, 0.5) is 13.2 Å². The summed E-state index contributed by atoms with van der Waals surface area (Å²) in [7, 11) is -4.62. The molecular formula is C12H8F3N3O3S. The summed E-state index contributed by atoms with van der Waals surface area (Å²) in [5.74, 6) is -6.26. The third-order valence-electron chi connectivity index (χ3n) is 2.49. The largest absolute Gasteiger partial charge is 0.284 e. The van der Waals surface area contributed by atoms with Crippen LogP contribution in [0.1, 0.15) is 10.5 Å². The Bertz CT molecular complexity index is 813. The highest BCUT2D eigenvalue weighted by atomic mass is 32.2. The number of sulfonamides is 1. The van der Waals surface area contributed by atoms with Crippen LogP contribution in [0.15, 0.2) is 41.4 Å². The van der Waals surface area contributed by atoms with Crippen molar-refractivity contribution in [3.05, 3.63) is 59.7 Å². The molecule has 0 atom stereocenters. The van der Waals surface area contributed by atoms with E-state index in [2.05, 4.69) is 4.98 Å². The molecule has 0 aliphatic rings. The summed E-state index contributed by atoms with van der Waals surface area (Å²) in [6.45, 7) is 0. The van der Waals surface area contributed by atoms with Crippen LogP contribution in [-0.4, -0.2) is 19.3 Å². The van der Waals surface area contributed by atoms with Crippen LogP contribution < -0.4 is 10.3 Å². The Morgan fingerprint density at radius 2 is 1.77 bits per heavy atom. The molecule has 0 aliphatic heterocycles. The van der Waals surface area contributed by atoms with Gasteiger partial charge in [-0.3, -0.25) is 15.2 Å². The number of carbonyl (C=O) groups excluding carboxylic acids is 1. The van der Waals surface area contributed by atoms with Crippen LogP contribution in [0.5, 0.6) is 0 Å². The molecule has 2 rings (SSSR count). The SMILES string of the molecule is O=C(NNS(=O)(=O)c1ccc(F)c(F)c1F)c1ccccn1. The highest BCUT2D eigenvalue weighted by Gasteiger charge is 2.24. The number of aromatic nitrogens is 1. The lowest BCUT2D eigenvalue weighted by molar-refractivity contribution is 0.0940. The van der Waals surface area contributed by atoms with Gasteiger partial charge in [-0.2, -0.15) is 0 Å². The van der Waals surface area contributed by atoms with Crippen molar-refractivity contribution in [2.45, 2.75) is 4.90 Å². The van der Waals surface area contributed by atoms with E-state index in [9.17, 15) is 26.4 Å². The number of benzene rings is 1. The van der Waals surface area contributed by atoms with Crippen molar-refractivity contribution >= 4 is 15.9 Å². The van der Waals surface area contributed by atoms with Crippen LogP contribution in [0, 0.1) is 17.5 Å². The molecule has 1 heterocycles. The second-order valence-corrected chi connectivity index (χ2v) is 5.60. The summed E-state index contributed by atoms with van der Waals surface area (Å²) in [5, 5.41) is 0. The highest BCUT2D eigenvalue weighted by Crippen LogP contribution is 2.19. The van der Waals surface area contributed by atoms with Crippen molar-refractivity contribution < 1.29 is 26.4 Å². The molecule has 0 bridgehead atoms. The fourth-order valence-corrected chi connectivity index (χ4v) is 2.36. The van der Waals surface area contributed by atoms with Crippen molar-refractivity contribution in [2.24, 2.45) is 0 Å². The van der Waals surface area contributed by atoms with Gasteiger partial charge >= 0.3 is 0 Å². The topological polar surface area (TPSA) is 88.2 Å². The molecule has 1 aromatic heterocycles. The zero-order valence-electron chi connectivity index (χ0n) is 10.7. The lowest BCUT2D eigenvalue weighted by atomic mass is 10.3. The molecule has 22 heavy (non-hydrogen) atoms. The molecule has 2 N–H and O–H groups in total. The number of hydrazine groups is 1. The first kappa shape index (κ1) is 15.9. The second kappa shape index (κ2) is 6.12. The highest BCUT2D eigenvalue weighted by molar-refractivity contribution is 7.89. The molecule has 1 aromatic carbocycles. The van der Waals surface area contributed by atoms with E-state index in [1.165, 1.54) is 24.4 Å². The van der Waals surface area contributed by atoms with Crippen LogP contribution in [0.2, 0.25) is 0 Å². The zero-order chi connectivity index (χ0) is 16.3. The zero-order valence-corrected chi connectivity index (χ0v) is 11.5. The molecule has 0 fully saturated rings. The number of halogens is 3. The number of nitrogens with one attached hydrogen (secondary N) is 2. The number of carbonyl (C=O) groups is 1. The molecule has 0 unspecified atom stereocenters. The minimum Gasteiger partial charge on any atom is -0.272 e. The number of hydrogen-bond donors (Lipinski definition) is 2. The average molecular weight is 331 g/mol. The number of rotatable bonds is 4. The molecule has 1 amide bonds. The third-order valence-corrected chi connectivity index (χ3v) is 3.75. The van der Waals surface area contributed by atoms with Crippen molar-refractivity contribution in [2.75, 3.05) is 0 Å². The Kier molecular flexibility index (Phi) is 4.43. The second-order valence-electron chi connectivity index (χ2n) is 3.95. The third kappa shape index (κ3) is 3.23. The molecule has 0 saturated carbocycles. The van der Waals surface area contributed by atoms with Crippen LogP contribution >= 0.6 is 0 Å². The lowest BCUT2D eigenvalue weighted by Crippen LogP contribution is -2.42. The van der Waals surface area contributed by atoms with Crippen molar-refractivity contribution in [1.29, 1.82) is 0 Å². The van der Waals surface area contributed by atoms with Gasteiger partial charge < -0.3 is 0 Å². The molecule has 0 aliphatic carbocycles. The van der Waals surface area contributed by atoms with E-state index in [1.807, 2.05) is 0 Å². The molecule has 116 valence electrons. The summed E-state index contributed by atoms with van der Waals surface area (Å²) in [6, 6.07) is 5.32. The smallest absolute Gasteiger partial charge is 0.272 e. The first-order chi connectivity index (χ1) is 10.3. The minimum absolute atomic E-state index is 0.101. The van der Waals surface area contributed by atoms with E-state index >= 15 is 0 Å². The maximum atomic E-state index is 13.4. The number of pyridine rings is 1. The summed E-state index contributed by atoms with van der Waals surface area (Å²) < 4.78 is 62.8. The molecule has 0 spiro atoms. The van der Waals surface area contributed by atoms with Gasteiger partial charge in [0.2, 0.25) is 0 Å². The van der Waals surface area contributed by atoms with Gasteiger partial charge in [0.1, 0.15) is 10.6 Å². The number of hydrogen-bond acceptors (Lipinski definition) is 4. The van der Waals surface area contributed by atoms with Gasteiger partial charge in [0.05, 0.1) is 0 Å². The maximum absolute atomic E-state index is 13.4. The summed E-state index contributed by atoms with van der Waals surface area (Å²) in [5.41, 5.74) is 1.68. The minimum atomic E-state index is -4.62. The standard InChI is InChI=1S/C12H8F3N3O3S/c13-7-4-5-9(11(15)10(7)14)22(20,21)18-17-12(19)8-3-1-2-6-16-8/h1-6,18H,(H,17,19). The monoisotopic (exact) mass is 331 g/mol. The fourth-order valence-electron chi connectivity index (χ4n) is 1.45. The first-order valence-electron chi connectivity index (χ1n) is 5.69. The predicted molar refractivity (Wildman–Crippen MR) is 68.3 cm³/mol. The fraction of sp³-hybridized carbons (Fsp3) is 0. The molecule has 10 heteroatoms. The van der Waals surface area contributed by atoms with E-state index in [1.54, 1.807) is 10.3 Å². The number of amides is 1. The Balaban J connectivity index is 2.19. The average Bonchev–Trinajstić information content (AvgIpc) is 2.51. The molecule has 0 saturated heterocycles. The summed E-state index contributed by atoms with van der Waals surface area (Å²) >= 11 is 0. The van der Waals surface area contributed by atoms with Crippen LogP contribution in [0.3, 0.4) is 0 Å². The quantitative estimate of drug-likeness (QED) is 0.649. The first-order valence-corrected chi connectivity index (χ1v) is 7.18. The van der Waals surface area contributed by atoms with Crippen molar-refractivity contribution in [3.63, 3.8) is 0 Å². The van der Waals surface area contributed by atoms with Gasteiger partial charge in [-0.25, -0.2) is 21.6 Å². The van der Waals surface area contributed by atoms with Crippen LogP contribution in [-0.2, 0) is 10.0 Å². The van der Waals surface area contributed by atoms with E-state index in [4.69, 9.17) is 0 Å². The Hall–Kier alpha value is -2.46. The summed E-state index contributed by atoms with van der Waals surface area (Å²) in [4.78, 5) is 15.7. The Morgan fingerprint density at radius 3 is 2.41 bits per heavy atom. The Labute approximate surface area is 123 Å². The van der Waals surface area contributed by atoms with E-state index in [0.29, 0.717) is 12.1 Å².